The lowest BCUT2D eigenvalue weighted by Crippen LogP contribution is -2.38. The largest absolute Gasteiger partial charge is 0.322 e. The summed E-state index contributed by atoms with van der Waals surface area (Å²) in [4.78, 5) is 19.9. The van der Waals surface area contributed by atoms with E-state index in [0.29, 0.717) is 11.6 Å². The molecule has 0 aliphatic carbocycles. The van der Waals surface area contributed by atoms with Gasteiger partial charge < -0.3 is 19.7 Å². The Morgan fingerprint density at radius 3 is 2.78 bits per heavy atom. The van der Waals surface area contributed by atoms with Gasteiger partial charge in [0.15, 0.2) is 0 Å². The Balaban J connectivity index is 1.50. The molecule has 5 nitrogen and oxygen atoms in total. The van der Waals surface area contributed by atoms with Crippen molar-refractivity contribution in [3.8, 4) is 5.00 Å². The fourth-order valence-electron chi connectivity index (χ4n) is 5.52. The van der Waals surface area contributed by atoms with Gasteiger partial charge in [0.1, 0.15) is 5.00 Å². The lowest BCUT2D eigenvalue weighted by molar-refractivity contribution is 0.194. The number of hydrogen-bond acceptors (Lipinski definition) is 3. The van der Waals surface area contributed by atoms with Crippen LogP contribution in [-0.4, -0.2) is 34.0 Å². The number of thiophene rings is 1. The van der Waals surface area contributed by atoms with E-state index in [9.17, 15) is 4.79 Å². The van der Waals surface area contributed by atoms with E-state index in [1.807, 2.05) is 52.6 Å². The molecule has 7 heteroatoms. The Morgan fingerprint density at radius 2 is 1.94 bits per heavy atom. The molecular weight excluding hydrogens is 488 g/mol. The molecule has 2 amide bonds. The molecule has 2 aromatic carbocycles. The second kappa shape index (κ2) is 9.43. The van der Waals surface area contributed by atoms with E-state index >= 15 is 0 Å². The third-order valence-corrected chi connectivity index (χ3v) is 8.81. The van der Waals surface area contributed by atoms with Gasteiger partial charge in [0.2, 0.25) is 0 Å². The van der Waals surface area contributed by atoms with Crippen LogP contribution in [0.15, 0.2) is 66.9 Å². The van der Waals surface area contributed by atoms with Crippen LogP contribution in [-0.2, 0) is 25.9 Å². The van der Waals surface area contributed by atoms with Crippen molar-refractivity contribution in [3.63, 3.8) is 0 Å². The number of halogens is 1. The van der Waals surface area contributed by atoms with Crippen LogP contribution in [0.4, 0.5) is 10.5 Å². The molecule has 4 aromatic rings. The molecule has 2 aromatic heterocycles. The highest BCUT2D eigenvalue weighted by molar-refractivity contribution is 7.15. The highest BCUT2D eigenvalue weighted by atomic mass is 35.5. The van der Waals surface area contributed by atoms with E-state index < -0.39 is 0 Å². The number of carbonyl (C=O) groups excluding carboxylic acids is 1. The molecule has 1 N–H and O–H groups in total. The molecule has 4 heterocycles. The normalized spacial score (nSPS) is 17.2. The number of rotatable bonds is 3. The molecular formula is C29H29ClN4OS. The number of para-hydroxylation sites is 1. The molecule has 184 valence electrons. The van der Waals surface area contributed by atoms with Crippen molar-refractivity contribution in [3.05, 3.63) is 105 Å². The molecule has 6 rings (SSSR count). The predicted octanol–water partition coefficient (Wildman–Crippen LogP) is 6.88. The number of carbonyl (C=O) groups is 1. The van der Waals surface area contributed by atoms with Crippen molar-refractivity contribution >= 4 is 34.7 Å². The van der Waals surface area contributed by atoms with E-state index in [1.54, 1.807) is 0 Å². The van der Waals surface area contributed by atoms with E-state index in [0.717, 1.165) is 48.4 Å². The minimum Gasteiger partial charge on any atom is -0.310 e. The maximum atomic E-state index is 14.1. The number of nitrogens with one attached hydrogen (secondary N) is 1. The maximum Gasteiger partial charge on any atom is 0.322 e. The van der Waals surface area contributed by atoms with Gasteiger partial charge in [-0.25, -0.2) is 4.79 Å². The van der Waals surface area contributed by atoms with Crippen LogP contribution in [0.25, 0.3) is 5.00 Å². The molecule has 36 heavy (non-hydrogen) atoms. The highest BCUT2D eigenvalue weighted by Gasteiger charge is 2.36. The molecule has 1 atom stereocenters. The van der Waals surface area contributed by atoms with Gasteiger partial charge in [0.05, 0.1) is 18.3 Å². The highest BCUT2D eigenvalue weighted by Crippen LogP contribution is 2.43. The van der Waals surface area contributed by atoms with Gasteiger partial charge >= 0.3 is 6.03 Å². The van der Waals surface area contributed by atoms with Gasteiger partial charge in [-0.05, 0) is 66.9 Å². The third kappa shape index (κ3) is 4.03. The van der Waals surface area contributed by atoms with Gasteiger partial charge in [0, 0.05) is 40.4 Å². The van der Waals surface area contributed by atoms with E-state index in [4.69, 9.17) is 11.6 Å². The summed E-state index contributed by atoms with van der Waals surface area (Å²) in [6.45, 7) is 4.64. The number of hydrogen-bond donors (Lipinski definition) is 1. The van der Waals surface area contributed by atoms with E-state index in [1.165, 1.54) is 21.0 Å². The van der Waals surface area contributed by atoms with Gasteiger partial charge in [0.25, 0.3) is 0 Å². The number of anilines is 1. The average Bonchev–Trinajstić information content (AvgIpc) is 3.45. The van der Waals surface area contributed by atoms with Crippen LogP contribution < -0.4 is 5.32 Å². The fourth-order valence-corrected chi connectivity index (χ4v) is 7.16. The van der Waals surface area contributed by atoms with E-state index in [-0.39, 0.29) is 12.1 Å². The summed E-state index contributed by atoms with van der Waals surface area (Å²) < 4.78 is 2.29. The number of fused-ring (bicyclic) bond motifs is 5. The summed E-state index contributed by atoms with van der Waals surface area (Å²) in [6.07, 6.45) is 3.99. The number of likely N-dealkylation sites (N-methyl/N-ethyl adjacent to an activating group) is 1. The fraction of sp³-hybridized carbons (Fsp3) is 0.276. The van der Waals surface area contributed by atoms with Crippen molar-refractivity contribution in [2.75, 3.05) is 18.9 Å². The van der Waals surface area contributed by atoms with Crippen LogP contribution in [0.3, 0.4) is 0 Å². The van der Waals surface area contributed by atoms with Gasteiger partial charge in [-0.1, -0.05) is 48.9 Å². The van der Waals surface area contributed by atoms with Gasteiger partial charge in [-0.2, -0.15) is 0 Å². The number of benzene rings is 2. The molecule has 0 saturated carbocycles. The minimum atomic E-state index is -0.269. The Morgan fingerprint density at radius 1 is 1.08 bits per heavy atom. The maximum absolute atomic E-state index is 14.1. The molecule has 2 aliphatic heterocycles. The van der Waals surface area contributed by atoms with Crippen LogP contribution in [0.2, 0.25) is 5.02 Å². The zero-order valence-electron chi connectivity index (χ0n) is 20.5. The summed E-state index contributed by atoms with van der Waals surface area (Å²) in [5.41, 5.74) is 6.74. The second-order valence-electron chi connectivity index (χ2n) is 9.60. The minimum absolute atomic E-state index is 0.102. The third-order valence-electron chi connectivity index (χ3n) is 7.32. The second-order valence-corrected chi connectivity index (χ2v) is 11.1. The Hall–Kier alpha value is -3.06. The van der Waals surface area contributed by atoms with Gasteiger partial charge in [-0.15, -0.1) is 11.3 Å². The van der Waals surface area contributed by atoms with Crippen molar-refractivity contribution in [2.24, 2.45) is 0 Å². The van der Waals surface area contributed by atoms with Crippen molar-refractivity contribution in [1.29, 1.82) is 0 Å². The van der Waals surface area contributed by atoms with Crippen molar-refractivity contribution in [1.82, 2.24) is 14.4 Å². The Labute approximate surface area is 220 Å². The molecule has 0 saturated heterocycles. The van der Waals surface area contributed by atoms with Gasteiger partial charge in [-0.3, -0.25) is 0 Å². The molecule has 0 fully saturated rings. The first-order valence-corrected chi connectivity index (χ1v) is 13.6. The number of aromatic nitrogens is 1. The van der Waals surface area contributed by atoms with Crippen molar-refractivity contribution in [2.45, 2.75) is 38.9 Å². The summed E-state index contributed by atoms with van der Waals surface area (Å²) in [5, 5.41) is 5.14. The zero-order valence-corrected chi connectivity index (χ0v) is 22.1. The quantitative estimate of drug-likeness (QED) is 0.322. The number of urea groups is 1. The van der Waals surface area contributed by atoms with E-state index in [2.05, 4.69) is 59.2 Å². The topological polar surface area (TPSA) is 40.5 Å². The molecule has 2 aliphatic rings. The lowest BCUT2D eigenvalue weighted by atomic mass is 10.0. The van der Waals surface area contributed by atoms with Crippen LogP contribution in [0.1, 0.15) is 45.8 Å². The van der Waals surface area contributed by atoms with Crippen LogP contribution in [0.5, 0.6) is 0 Å². The first-order valence-electron chi connectivity index (χ1n) is 12.4. The predicted molar refractivity (Wildman–Crippen MR) is 147 cm³/mol. The number of amides is 2. The standard InChI is InChI=1S/C29H29ClN4OS/c1-3-19-8-4-5-11-24(19)31-29(35)34-17-23-22-13-15-32(2)18-26(22)36-28(23)33-14-7-12-25(33)27(34)20-9-6-10-21(30)16-20/h4-12,14,16,27H,3,13,15,17-18H2,1-2H3,(H,31,35)/t27-/m1/s1. The Bertz CT molecular complexity index is 1440. The monoisotopic (exact) mass is 516 g/mol. The zero-order chi connectivity index (χ0) is 24.8. The lowest BCUT2D eigenvalue weighted by Gasteiger charge is -2.32. The summed E-state index contributed by atoms with van der Waals surface area (Å²) in [6, 6.07) is 19.8. The molecule has 0 spiro atoms. The SMILES string of the molecule is CCc1ccccc1NC(=O)N1Cc2c(sc3c2CCN(C)C3)-n2cccc2[C@H]1c1cccc(Cl)c1. The molecule has 0 radical (unpaired) electrons. The van der Waals surface area contributed by atoms with Crippen LogP contribution >= 0.6 is 22.9 Å². The summed E-state index contributed by atoms with van der Waals surface area (Å²) in [5.74, 6) is 0. The molecule has 0 unspecified atom stereocenters. The summed E-state index contributed by atoms with van der Waals surface area (Å²) >= 11 is 8.31. The average molecular weight is 517 g/mol. The van der Waals surface area contributed by atoms with Crippen molar-refractivity contribution < 1.29 is 4.79 Å². The Kier molecular flexibility index (Phi) is 6.12. The number of nitrogens with zero attached hydrogens (tertiary/aromatic N) is 3. The first kappa shape index (κ1) is 23.3. The number of aryl methyl sites for hydroxylation is 1. The van der Waals surface area contributed by atoms with Crippen LogP contribution in [0, 0.1) is 0 Å². The smallest absolute Gasteiger partial charge is 0.310 e. The first-order chi connectivity index (χ1) is 17.5. The molecule has 0 bridgehead atoms. The summed E-state index contributed by atoms with van der Waals surface area (Å²) in [7, 11) is 2.18.